The van der Waals surface area contributed by atoms with Gasteiger partial charge in [0.2, 0.25) is 0 Å². The minimum Gasteiger partial charge on any atom is -0.491 e. The molecule has 1 N–H and O–H groups in total. The lowest BCUT2D eigenvalue weighted by molar-refractivity contribution is -0.120. The van der Waals surface area contributed by atoms with E-state index in [1.807, 2.05) is 51.1 Å². The number of carbonyl (C=O) groups is 2. The van der Waals surface area contributed by atoms with E-state index in [0.717, 1.165) is 10.5 Å². The number of ether oxygens (including phenoxy) is 1. The Labute approximate surface area is 192 Å². The monoisotopic (exact) mass is 437 g/mol. The number of imide groups is 1. The van der Waals surface area contributed by atoms with Crippen molar-refractivity contribution in [3.05, 3.63) is 95.2 Å². The van der Waals surface area contributed by atoms with E-state index in [4.69, 9.17) is 10.00 Å². The first-order valence-electron chi connectivity index (χ1n) is 10.6. The molecule has 33 heavy (non-hydrogen) atoms. The SMILES string of the molecule is Cc1cccc(NC2=C(c3ccc(OC(C)C)cc3)C(=O)N(c3ccc(C#N)cc3)C2=O)c1. The third-order valence-electron chi connectivity index (χ3n) is 5.14. The second-order valence-electron chi connectivity index (χ2n) is 8.04. The van der Waals surface area contributed by atoms with Crippen LogP contribution in [0.25, 0.3) is 5.57 Å². The van der Waals surface area contributed by atoms with E-state index in [1.165, 1.54) is 0 Å². The Balaban J connectivity index is 1.77. The average Bonchev–Trinajstić information content (AvgIpc) is 3.03. The highest BCUT2D eigenvalue weighted by atomic mass is 16.5. The summed E-state index contributed by atoms with van der Waals surface area (Å²) in [4.78, 5) is 28.1. The zero-order valence-corrected chi connectivity index (χ0v) is 18.6. The van der Waals surface area contributed by atoms with E-state index in [0.29, 0.717) is 28.3 Å². The van der Waals surface area contributed by atoms with Gasteiger partial charge in [-0.3, -0.25) is 9.59 Å². The second kappa shape index (κ2) is 9.01. The molecule has 4 rings (SSSR count). The number of nitrogens with one attached hydrogen (secondary N) is 1. The number of hydrogen-bond acceptors (Lipinski definition) is 5. The van der Waals surface area contributed by atoms with Gasteiger partial charge in [0.15, 0.2) is 0 Å². The van der Waals surface area contributed by atoms with Crippen molar-refractivity contribution in [3.63, 3.8) is 0 Å². The van der Waals surface area contributed by atoms with Crippen LogP contribution in [0.1, 0.15) is 30.5 Å². The molecule has 0 saturated carbocycles. The Bertz CT molecular complexity index is 1280. The van der Waals surface area contributed by atoms with Crippen molar-refractivity contribution in [1.29, 1.82) is 5.26 Å². The third kappa shape index (κ3) is 4.48. The molecule has 0 atom stereocenters. The van der Waals surface area contributed by atoms with Crippen LogP contribution < -0.4 is 15.0 Å². The van der Waals surface area contributed by atoms with Gasteiger partial charge in [0.05, 0.1) is 29.0 Å². The van der Waals surface area contributed by atoms with Crippen LogP contribution in [-0.4, -0.2) is 17.9 Å². The highest BCUT2D eigenvalue weighted by Gasteiger charge is 2.40. The van der Waals surface area contributed by atoms with E-state index in [1.54, 1.807) is 48.5 Å². The van der Waals surface area contributed by atoms with Gasteiger partial charge in [0.25, 0.3) is 11.8 Å². The summed E-state index contributed by atoms with van der Waals surface area (Å²) < 4.78 is 5.71. The number of benzene rings is 3. The van der Waals surface area contributed by atoms with Gasteiger partial charge in [-0.25, -0.2) is 4.90 Å². The van der Waals surface area contributed by atoms with E-state index in [-0.39, 0.29) is 17.4 Å². The number of rotatable bonds is 6. The highest BCUT2D eigenvalue weighted by molar-refractivity contribution is 6.46. The molecule has 164 valence electrons. The summed E-state index contributed by atoms with van der Waals surface area (Å²) in [7, 11) is 0. The smallest absolute Gasteiger partial charge is 0.282 e. The Morgan fingerprint density at radius 1 is 0.939 bits per heavy atom. The van der Waals surface area contributed by atoms with Gasteiger partial charge in [0, 0.05) is 5.69 Å². The second-order valence-corrected chi connectivity index (χ2v) is 8.04. The number of anilines is 2. The van der Waals surface area contributed by atoms with E-state index in [9.17, 15) is 9.59 Å². The maximum absolute atomic E-state index is 13.5. The molecule has 0 bridgehead atoms. The summed E-state index contributed by atoms with van der Waals surface area (Å²) in [5.74, 6) is -0.204. The molecule has 0 aliphatic carbocycles. The molecule has 1 aliphatic rings. The molecule has 0 fully saturated rings. The van der Waals surface area contributed by atoms with Gasteiger partial charge < -0.3 is 10.1 Å². The zero-order valence-electron chi connectivity index (χ0n) is 18.6. The van der Waals surface area contributed by atoms with Crippen molar-refractivity contribution in [3.8, 4) is 11.8 Å². The van der Waals surface area contributed by atoms with Crippen molar-refractivity contribution in [2.45, 2.75) is 26.9 Å². The van der Waals surface area contributed by atoms with Crippen molar-refractivity contribution < 1.29 is 14.3 Å². The summed E-state index contributed by atoms with van der Waals surface area (Å²) >= 11 is 0. The molecular formula is C27H23N3O3. The van der Waals surface area contributed by atoms with Crippen LogP contribution in [0.5, 0.6) is 5.75 Å². The standard InChI is InChI=1S/C27H23N3O3/c1-17(2)33-23-13-9-20(10-14-23)24-25(29-21-6-4-5-18(3)15-21)27(32)30(26(24)31)22-11-7-19(16-28)8-12-22/h4-15,17,29H,1-3H3. The Hall–Kier alpha value is -4.37. The van der Waals surface area contributed by atoms with E-state index < -0.39 is 11.8 Å². The quantitative estimate of drug-likeness (QED) is 0.546. The average molecular weight is 437 g/mol. The van der Waals surface area contributed by atoms with E-state index >= 15 is 0 Å². The van der Waals surface area contributed by atoms with Gasteiger partial charge in [-0.1, -0.05) is 24.3 Å². The van der Waals surface area contributed by atoms with Crippen LogP contribution in [0.3, 0.4) is 0 Å². The summed E-state index contributed by atoms with van der Waals surface area (Å²) in [5.41, 5.74) is 3.68. The molecular weight excluding hydrogens is 414 g/mol. The normalized spacial score (nSPS) is 13.5. The molecule has 0 radical (unpaired) electrons. The van der Waals surface area contributed by atoms with Crippen LogP contribution in [-0.2, 0) is 9.59 Å². The topological polar surface area (TPSA) is 82.4 Å². The van der Waals surface area contributed by atoms with Gasteiger partial charge in [0.1, 0.15) is 11.4 Å². The molecule has 6 nitrogen and oxygen atoms in total. The molecule has 6 heteroatoms. The van der Waals surface area contributed by atoms with Crippen molar-refractivity contribution >= 4 is 28.8 Å². The first-order valence-corrected chi connectivity index (χ1v) is 10.6. The fourth-order valence-corrected chi connectivity index (χ4v) is 3.67. The van der Waals surface area contributed by atoms with Crippen molar-refractivity contribution in [1.82, 2.24) is 0 Å². The highest BCUT2D eigenvalue weighted by Crippen LogP contribution is 2.34. The fraction of sp³-hybridized carbons (Fsp3) is 0.148. The maximum atomic E-state index is 13.5. The maximum Gasteiger partial charge on any atom is 0.282 e. The van der Waals surface area contributed by atoms with Crippen LogP contribution >= 0.6 is 0 Å². The Morgan fingerprint density at radius 2 is 1.64 bits per heavy atom. The predicted molar refractivity (Wildman–Crippen MR) is 128 cm³/mol. The first kappa shape index (κ1) is 21.8. The van der Waals surface area contributed by atoms with E-state index in [2.05, 4.69) is 5.32 Å². The number of carbonyl (C=O) groups excluding carboxylic acids is 2. The fourth-order valence-electron chi connectivity index (χ4n) is 3.67. The van der Waals surface area contributed by atoms with Gasteiger partial charge in [-0.05, 0) is 80.4 Å². The molecule has 1 heterocycles. The molecule has 0 saturated heterocycles. The van der Waals surface area contributed by atoms with Crippen LogP contribution in [0.4, 0.5) is 11.4 Å². The number of nitrogens with zero attached hydrogens (tertiary/aromatic N) is 2. The van der Waals surface area contributed by atoms with Crippen molar-refractivity contribution in [2.75, 3.05) is 10.2 Å². The van der Waals surface area contributed by atoms with Crippen molar-refractivity contribution in [2.24, 2.45) is 0 Å². The van der Waals surface area contributed by atoms with Gasteiger partial charge in [-0.15, -0.1) is 0 Å². The van der Waals surface area contributed by atoms with Crippen LogP contribution in [0, 0.1) is 18.3 Å². The minimum absolute atomic E-state index is 0.0233. The predicted octanol–water partition coefficient (Wildman–Crippen LogP) is 5.05. The molecule has 3 aromatic carbocycles. The molecule has 0 unspecified atom stereocenters. The molecule has 0 aromatic heterocycles. The third-order valence-corrected chi connectivity index (χ3v) is 5.14. The van der Waals surface area contributed by atoms with Gasteiger partial charge in [-0.2, -0.15) is 5.26 Å². The minimum atomic E-state index is -0.455. The number of hydrogen-bond donors (Lipinski definition) is 1. The summed E-state index contributed by atoms with van der Waals surface area (Å²) in [5, 5.41) is 12.2. The summed E-state index contributed by atoms with van der Waals surface area (Å²) in [6.07, 6.45) is 0.0233. The largest absolute Gasteiger partial charge is 0.491 e. The zero-order chi connectivity index (χ0) is 23.5. The van der Waals surface area contributed by atoms with Gasteiger partial charge >= 0.3 is 0 Å². The Kier molecular flexibility index (Phi) is 5.97. The molecule has 1 aliphatic heterocycles. The van der Waals surface area contributed by atoms with Crippen LogP contribution in [0.2, 0.25) is 0 Å². The number of aryl methyl sites for hydroxylation is 1. The number of nitriles is 1. The summed E-state index contributed by atoms with van der Waals surface area (Å²) in [6.45, 7) is 5.84. The van der Waals surface area contributed by atoms with Crippen LogP contribution in [0.15, 0.2) is 78.5 Å². The molecule has 0 spiro atoms. The lowest BCUT2D eigenvalue weighted by Crippen LogP contribution is -2.32. The Morgan fingerprint density at radius 3 is 2.24 bits per heavy atom. The lowest BCUT2D eigenvalue weighted by atomic mass is 10.0. The number of amides is 2. The first-order chi connectivity index (χ1) is 15.9. The lowest BCUT2D eigenvalue weighted by Gasteiger charge is -2.15. The summed E-state index contributed by atoms with van der Waals surface area (Å²) in [6, 6.07) is 23.1. The molecule has 2 amide bonds. The molecule has 3 aromatic rings.